The molecule has 2 aromatic heterocycles. The van der Waals surface area contributed by atoms with Gasteiger partial charge in [-0.15, -0.1) is 0 Å². The number of ketones is 1. The third-order valence-corrected chi connectivity index (χ3v) is 3.65. The molecule has 0 atom stereocenters. The van der Waals surface area contributed by atoms with Crippen molar-refractivity contribution >= 4 is 34.4 Å². The van der Waals surface area contributed by atoms with Gasteiger partial charge in [0.05, 0.1) is 5.52 Å². The highest BCUT2D eigenvalue weighted by molar-refractivity contribution is 6.31. The molecule has 1 aromatic carbocycles. The van der Waals surface area contributed by atoms with Crippen LogP contribution < -0.4 is 0 Å². The van der Waals surface area contributed by atoms with E-state index in [1.54, 1.807) is 25.1 Å². The van der Waals surface area contributed by atoms with Crippen molar-refractivity contribution in [3.05, 3.63) is 70.3 Å². The predicted octanol–water partition coefficient (Wildman–Crippen LogP) is 4.99. The van der Waals surface area contributed by atoms with Crippen LogP contribution >= 0.6 is 11.6 Å². The number of pyridine rings is 1. The van der Waals surface area contributed by atoms with Crippen LogP contribution in [0.3, 0.4) is 0 Å². The molecule has 0 saturated heterocycles. The zero-order valence-electron chi connectivity index (χ0n) is 12.3. The summed E-state index contributed by atoms with van der Waals surface area (Å²) in [4.78, 5) is 16.4. The maximum absolute atomic E-state index is 12.0. The lowest BCUT2D eigenvalue weighted by Crippen LogP contribution is -1.91. The molecule has 0 aliphatic heterocycles. The van der Waals surface area contributed by atoms with Crippen LogP contribution in [0.25, 0.3) is 17.0 Å². The fraction of sp³-hybridized carbons (Fsp3) is 0.111. The summed E-state index contributed by atoms with van der Waals surface area (Å²) in [6.07, 6.45) is 3.11. The van der Waals surface area contributed by atoms with Gasteiger partial charge in [-0.3, -0.25) is 4.79 Å². The van der Waals surface area contributed by atoms with Gasteiger partial charge in [-0.2, -0.15) is 0 Å². The summed E-state index contributed by atoms with van der Waals surface area (Å²) in [5.41, 5.74) is 2.69. The molecular weight excluding hydrogens is 298 g/mol. The van der Waals surface area contributed by atoms with Crippen LogP contribution in [0.1, 0.15) is 27.4 Å². The van der Waals surface area contributed by atoms with Crippen molar-refractivity contribution in [2.75, 3.05) is 0 Å². The number of rotatable bonds is 3. The van der Waals surface area contributed by atoms with E-state index in [1.165, 1.54) is 6.08 Å². The molecule has 0 radical (unpaired) electrons. The van der Waals surface area contributed by atoms with Crippen LogP contribution in [0, 0.1) is 13.8 Å². The normalized spacial score (nSPS) is 11.4. The quantitative estimate of drug-likeness (QED) is 0.388. The zero-order valence-corrected chi connectivity index (χ0v) is 13.0. The Labute approximate surface area is 133 Å². The average Bonchev–Trinajstić information content (AvgIpc) is 2.92. The lowest BCUT2D eigenvalue weighted by molar-refractivity contribution is 0.102. The van der Waals surface area contributed by atoms with Gasteiger partial charge >= 0.3 is 0 Å². The number of fused-ring (bicyclic) bond motifs is 1. The summed E-state index contributed by atoms with van der Waals surface area (Å²) in [6.45, 7) is 3.82. The van der Waals surface area contributed by atoms with Crippen molar-refractivity contribution in [1.82, 2.24) is 4.98 Å². The van der Waals surface area contributed by atoms with Crippen LogP contribution in [0.15, 0.2) is 46.9 Å². The molecule has 0 amide bonds. The predicted molar refractivity (Wildman–Crippen MR) is 88.3 cm³/mol. The number of aryl methyl sites for hydroxylation is 2. The molecule has 3 aromatic rings. The number of nitrogens with zero attached hydrogens (tertiary/aromatic N) is 1. The lowest BCUT2D eigenvalue weighted by Gasteiger charge is -2.03. The Hall–Kier alpha value is -2.39. The number of furan rings is 1. The highest BCUT2D eigenvalue weighted by Gasteiger charge is 2.07. The number of hydrogen-bond acceptors (Lipinski definition) is 3. The van der Waals surface area contributed by atoms with Crippen LogP contribution in [0.4, 0.5) is 0 Å². The van der Waals surface area contributed by atoms with Gasteiger partial charge in [-0.25, -0.2) is 4.98 Å². The van der Waals surface area contributed by atoms with Gasteiger partial charge in [0.15, 0.2) is 5.76 Å². The SMILES string of the molecule is Cc1ccc2nc(Cl)c(/C=C/C(=O)c3ccc(C)o3)cc2c1. The first-order valence-electron chi connectivity index (χ1n) is 6.89. The minimum absolute atomic E-state index is 0.200. The van der Waals surface area contributed by atoms with Crippen molar-refractivity contribution in [1.29, 1.82) is 0 Å². The van der Waals surface area contributed by atoms with Crippen LogP contribution in [0.2, 0.25) is 5.15 Å². The maximum atomic E-state index is 12.0. The van der Waals surface area contributed by atoms with Gasteiger partial charge in [-0.05, 0) is 56.3 Å². The smallest absolute Gasteiger partial charge is 0.221 e. The minimum Gasteiger partial charge on any atom is -0.458 e. The number of hydrogen-bond donors (Lipinski definition) is 0. The molecule has 22 heavy (non-hydrogen) atoms. The van der Waals surface area contributed by atoms with Crippen molar-refractivity contribution in [2.24, 2.45) is 0 Å². The van der Waals surface area contributed by atoms with E-state index in [9.17, 15) is 4.79 Å². The summed E-state index contributed by atoms with van der Waals surface area (Å²) < 4.78 is 5.30. The van der Waals surface area contributed by atoms with E-state index in [1.807, 2.05) is 31.2 Å². The van der Waals surface area contributed by atoms with Gasteiger partial charge in [0.25, 0.3) is 0 Å². The first-order chi connectivity index (χ1) is 10.5. The summed E-state index contributed by atoms with van der Waals surface area (Å²) in [6, 6.07) is 11.3. The van der Waals surface area contributed by atoms with E-state index in [4.69, 9.17) is 16.0 Å². The molecule has 110 valence electrons. The Balaban J connectivity index is 1.94. The first kappa shape index (κ1) is 14.5. The summed E-state index contributed by atoms with van der Waals surface area (Å²) in [5.74, 6) is 0.820. The summed E-state index contributed by atoms with van der Waals surface area (Å²) in [7, 11) is 0. The molecule has 4 heteroatoms. The highest BCUT2D eigenvalue weighted by Crippen LogP contribution is 2.23. The van der Waals surface area contributed by atoms with E-state index in [2.05, 4.69) is 4.98 Å². The van der Waals surface area contributed by atoms with Gasteiger partial charge in [-0.1, -0.05) is 23.2 Å². The standard InChI is InChI=1S/C18H14ClNO2/c1-11-3-6-15-14(9-11)10-13(18(19)20-15)5-7-16(21)17-8-4-12(2)22-17/h3-10H,1-2H3/b7-5+. The highest BCUT2D eigenvalue weighted by atomic mass is 35.5. The molecule has 3 nitrogen and oxygen atoms in total. The second-order valence-electron chi connectivity index (χ2n) is 5.17. The van der Waals surface area contributed by atoms with Crippen molar-refractivity contribution in [2.45, 2.75) is 13.8 Å². The largest absolute Gasteiger partial charge is 0.458 e. The molecule has 0 spiro atoms. The van der Waals surface area contributed by atoms with Gasteiger partial charge in [0.1, 0.15) is 10.9 Å². The molecular formula is C18H14ClNO2. The number of allylic oxidation sites excluding steroid dienone is 1. The molecule has 0 saturated carbocycles. The van der Waals surface area contributed by atoms with E-state index in [-0.39, 0.29) is 5.78 Å². The topological polar surface area (TPSA) is 43.1 Å². The fourth-order valence-electron chi connectivity index (χ4n) is 2.22. The van der Waals surface area contributed by atoms with E-state index < -0.39 is 0 Å². The maximum Gasteiger partial charge on any atom is 0.221 e. The molecule has 0 unspecified atom stereocenters. The lowest BCUT2D eigenvalue weighted by atomic mass is 10.1. The Bertz CT molecular complexity index is 893. The zero-order chi connectivity index (χ0) is 15.7. The van der Waals surface area contributed by atoms with Gasteiger partial charge in [0, 0.05) is 10.9 Å². The van der Waals surface area contributed by atoms with Crippen LogP contribution in [-0.2, 0) is 0 Å². The van der Waals surface area contributed by atoms with E-state index in [0.29, 0.717) is 22.2 Å². The van der Waals surface area contributed by atoms with Crippen LogP contribution in [0.5, 0.6) is 0 Å². The van der Waals surface area contributed by atoms with Crippen molar-refractivity contribution < 1.29 is 9.21 Å². The number of aromatic nitrogens is 1. The Kier molecular flexibility index (Phi) is 3.82. The molecule has 0 bridgehead atoms. The molecule has 3 rings (SSSR count). The van der Waals surface area contributed by atoms with Gasteiger partial charge < -0.3 is 4.42 Å². The molecule has 0 N–H and O–H groups in total. The molecule has 0 aliphatic carbocycles. The number of carbonyl (C=O) groups is 1. The molecule has 2 heterocycles. The average molecular weight is 312 g/mol. The van der Waals surface area contributed by atoms with Crippen molar-refractivity contribution in [3.63, 3.8) is 0 Å². The van der Waals surface area contributed by atoms with Crippen LogP contribution in [-0.4, -0.2) is 10.8 Å². The number of carbonyl (C=O) groups excluding carboxylic acids is 1. The third-order valence-electron chi connectivity index (χ3n) is 3.35. The third kappa shape index (κ3) is 2.95. The monoisotopic (exact) mass is 311 g/mol. The van der Waals surface area contributed by atoms with Gasteiger partial charge in [0.2, 0.25) is 5.78 Å². The second kappa shape index (κ2) is 5.78. The van der Waals surface area contributed by atoms with Crippen molar-refractivity contribution in [3.8, 4) is 0 Å². The Morgan fingerprint density at radius 1 is 1.18 bits per heavy atom. The summed E-state index contributed by atoms with van der Waals surface area (Å²) >= 11 is 6.18. The number of halogens is 1. The number of benzene rings is 1. The minimum atomic E-state index is -0.200. The Morgan fingerprint density at radius 3 is 2.73 bits per heavy atom. The van der Waals surface area contributed by atoms with E-state index >= 15 is 0 Å². The first-order valence-corrected chi connectivity index (χ1v) is 7.26. The molecule has 0 aliphatic rings. The Morgan fingerprint density at radius 2 is 2.00 bits per heavy atom. The second-order valence-corrected chi connectivity index (χ2v) is 5.53. The summed E-state index contributed by atoms with van der Waals surface area (Å²) in [5, 5.41) is 1.36. The molecule has 0 fully saturated rings. The van der Waals surface area contributed by atoms with E-state index in [0.717, 1.165) is 16.5 Å². The fourth-order valence-corrected chi connectivity index (χ4v) is 2.43.